The molecule has 0 radical (unpaired) electrons. The number of hydrogen-bond acceptors (Lipinski definition) is 3. The first-order valence-corrected chi connectivity index (χ1v) is 9.93. The molecule has 0 spiro atoms. The number of nitrogens with zero attached hydrogens (tertiary/aromatic N) is 1. The number of nitrogens with one attached hydrogen (secondary N) is 2. The smallest absolute Gasteiger partial charge is 0.410 e. The summed E-state index contributed by atoms with van der Waals surface area (Å²) in [7, 11) is 0. The SMILES string of the molecule is N=Cc1ccc(C2c3[nH]c4ccc(Cl)cc4c3CCN2C(=O)OCCCl)cc1. The fourth-order valence-corrected chi connectivity index (χ4v) is 4.04. The van der Waals surface area contributed by atoms with Crippen LogP contribution in [0.1, 0.15) is 28.4 Å². The largest absolute Gasteiger partial charge is 0.448 e. The van der Waals surface area contributed by atoms with E-state index < -0.39 is 0 Å². The minimum atomic E-state index is -0.385. The molecule has 0 aliphatic carbocycles. The van der Waals surface area contributed by atoms with Gasteiger partial charge in [0.15, 0.2) is 0 Å². The Balaban J connectivity index is 1.83. The van der Waals surface area contributed by atoms with E-state index in [-0.39, 0.29) is 24.6 Å². The zero-order valence-electron chi connectivity index (χ0n) is 15.0. The van der Waals surface area contributed by atoms with Crippen molar-refractivity contribution in [3.05, 3.63) is 69.9 Å². The van der Waals surface area contributed by atoms with Crippen molar-refractivity contribution >= 4 is 46.4 Å². The first-order valence-electron chi connectivity index (χ1n) is 9.02. The Hall–Kier alpha value is -2.50. The first kappa shape index (κ1) is 18.8. The summed E-state index contributed by atoms with van der Waals surface area (Å²) >= 11 is 11.9. The van der Waals surface area contributed by atoms with E-state index in [4.69, 9.17) is 33.3 Å². The van der Waals surface area contributed by atoms with Crippen LogP contribution >= 0.6 is 23.2 Å². The summed E-state index contributed by atoms with van der Waals surface area (Å²) in [5, 5.41) is 9.18. The lowest BCUT2D eigenvalue weighted by Gasteiger charge is -2.35. The molecular weight excluding hydrogens is 397 g/mol. The number of carbonyl (C=O) groups is 1. The summed E-state index contributed by atoms with van der Waals surface area (Å²) in [6, 6.07) is 13.1. The number of aromatic amines is 1. The van der Waals surface area contributed by atoms with Crippen LogP contribution in [0.5, 0.6) is 0 Å². The Morgan fingerprint density at radius 2 is 2.07 bits per heavy atom. The number of halogens is 2. The van der Waals surface area contributed by atoms with Gasteiger partial charge < -0.3 is 15.1 Å². The van der Waals surface area contributed by atoms with Crippen molar-refractivity contribution in [1.82, 2.24) is 9.88 Å². The van der Waals surface area contributed by atoms with E-state index in [1.165, 1.54) is 11.8 Å². The molecule has 0 fully saturated rings. The van der Waals surface area contributed by atoms with Crippen LogP contribution in [0, 0.1) is 5.41 Å². The van der Waals surface area contributed by atoms with Crippen LogP contribution in [0.2, 0.25) is 5.02 Å². The second-order valence-electron chi connectivity index (χ2n) is 6.67. The number of H-pyrrole nitrogens is 1. The molecule has 0 saturated heterocycles. The summed E-state index contributed by atoms with van der Waals surface area (Å²) in [6.07, 6.45) is 1.62. The molecule has 2 N–H and O–H groups in total. The molecular formula is C21H19Cl2N3O2. The summed E-state index contributed by atoms with van der Waals surface area (Å²) in [5.41, 5.74) is 4.88. The lowest BCUT2D eigenvalue weighted by atomic mass is 9.92. The van der Waals surface area contributed by atoms with E-state index in [0.29, 0.717) is 18.0 Å². The average molecular weight is 416 g/mol. The van der Waals surface area contributed by atoms with Gasteiger partial charge in [-0.05, 0) is 41.3 Å². The third kappa shape index (κ3) is 3.36. The maximum absolute atomic E-state index is 12.7. The fourth-order valence-electron chi connectivity index (χ4n) is 3.79. The molecule has 1 amide bonds. The average Bonchev–Trinajstić information content (AvgIpc) is 3.09. The van der Waals surface area contributed by atoms with Gasteiger partial charge in [0.05, 0.1) is 5.88 Å². The molecule has 28 heavy (non-hydrogen) atoms. The Bertz CT molecular complexity index is 1030. The highest BCUT2D eigenvalue weighted by molar-refractivity contribution is 6.31. The quantitative estimate of drug-likeness (QED) is 0.457. The normalized spacial score (nSPS) is 16.1. The molecule has 1 aliphatic heterocycles. The maximum Gasteiger partial charge on any atom is 0.410 e. The lowest BCUT2D eigenvalue weighted by molar-refractivity contribution is 0.0938. The van der Waals surface area contributed by atoms with Crippen molar-refractivity contribution < 1.29 is 9.53 Å². The highest BCUT2D eigenvalue weighted by Crippen LogP contribution is 2.39. The Labute approximate surface area is 172 Å². The Kier molecular flexibility index (Phi) is 5.29. The van der Waals surface area contributed by atoms with Gasteiger partial charge in [-0.25, -0.2) is 4.79 Å². The predicted octanol–water partition coefficient (Wildman–Crippen LogP) is 5.14. The zero-order valence-corrected chi connectivity index (χ0v) is 16.6. The van der Waals surface area contributed by atoms with Gasteiger partial charge in [-0.2, -0.15) is 0 Å². The van der Waals surface area contributed by atoms with Crippen molar-refractivity contribution in [2.75, 3.05) is 19.0 Å². The maximum atomic E-state index is 12.7. The summed E-state index contributed by atoms with van der Waals surface area (Å²) in [4.78, 5) is 17.9. The number of amides is 1. The highest BCUT2D eigenvalue weighted by Gasteiger charge is 2.35. The number of fused-ring (bicyclic) bond motifs is 3. The van der Waals surface area contributed by atoms with Crippen LogP contribution in [0.15, 0.2) is 42.5 Å². The molecule has 3 aromatic rings. The first-order chi connectivity index (χ1) is 13.6. The number of aromatic nitrogens is 1. The number of benzene rings is 2. The molecule has 4 rings (SSSR count). The van der Waals surface area contributed by atoms with Gasteiger partial charge in [0.2, 0.25) is 0 Å². The van der Waals surface area contributed by atoms with E-state index >= 15 is 0 Å². The zero-order chi connectivity index (χ0) is 19.7. The van der Waals surface area contributed by atoms with Crippen LogP contribution in [0.4, 0.5) is 4.79 Å². The van der Waals surface area contributed by atoms with Gasteiger partial charge in [-0.3, -0.25) is 4.90 Å². The van der Waals surface area contributed by atoms with Crippen molar-refractivity contribution in [2.24, 2.45) is 0 Å². The fraction of sp³-hybridized carbons (Fsp3) is 0.238. The molecule has 1 unspecified atom stereocenters. The van der Waals surface area contributed by atoms with Crippen molar-refractivity contribution in [3.63, 3.8) is 0 Å². The van der Waals surface area contributed by atoms with E-state index in [9.17, 15) is 4.79 Å². The van der Waals surface area contributed by atoms with E-state index in [1.54, 1.807) is 4.90 Å². The molecule has 1 atom stereocenters. The van der Waals surface area contributed by atoms with Gasteiger partial charge in [-0.15, -0.1) is 11.6 Å². The van der Waals surface area contributed by atoms with Crippen LogP contribution in [0.3, 0.4) is 0 Å². The van der Waals surface area contributed by atoms with E-state index in [2.05, 4.69) is 4.98 Å². The molecule has 0 bridgehead atoms. The molecule has 2 aromatic carbocycles. The van der Waals surface area contributed by atoms with E-state index in [0.717, 1.165) is 27.7 Å². The number of hydrogen-bond donors (Lipinski definition) is 2. The topological polar surface area (TPSA) is 69.2 Å². The summed E-state index contributed by atoms with van der Waals surface area (Å²) in [6.45, 7) is 0.704. The third-order valence-corrected chi connectivity index (χ3v) is 5.43. The third-order valence-electron chi connectivity index (χ3n) is 5.05. The molecule has 2 heterocycles. The summed E-state index contributed by atoms with van der Waals surface area (Å²) < 4.78 is 5.32. The van der Waals surface area contributed by atoms with Crippen LogP contribution in [-0.4, -0.2) is 41.2 Å². The van der Waals surface area contributed by atoms with Gasteiger partial charge in [0.25, 0.3) is 0 Å². The van der Waals surface area contributed by atoms with E-state index in [1.807, 2.05) is 42.5 Å². The Morgan fingerprint density at radius 3 is 2.79 bits per heavy atom. The number of ether oxygens (including phenoxy) is 1. The molecule has 1 aromatic heterocycles. The molecule has 144 valence electrons. The van der Waals surface area contributed by atoms with Crippen molar-refractivity contribution in [1.29, 1.82) is 5.41 Å². The lowest BCUT2D eigenvalue weighted by Crippen LogP contribution is -2.41. The van der Waals surface area contributed by atoms with Crippen LogP contribution in [0.25, 0.3) is 10.9 Å². The van der Waals surface area contributed by atoms with Gasteiger partial charge in [0, 0.05) is 34.4 Å². The van der Waals surface area contributed by atoms with Crippen molar-refractivity contribution in [2.45, 2.75) is 12.5 Å². The van der Waals surface area contributed by atoms with Gasteiger partial charge >= 0.3 is 6.09 Å². The second kappa shape index (κ2) is 7.86. The minimum absolute atomic E-state index is 0.172. The Morgan fingerprint density at radius 1 is 1.29 bits per heavy atom. The highest BCUT2D eigenvalue weighted by atomic mass is 35.5. The van der Waals surface area contributed by atoms with Crippen molar-refractivity contribution in [3.8, 4) is 0 Å². The molecule has 7 heteroatoms. The number of alkyl halides is 1. The number of carbonyl (C=O) groups excluding carboxylic acids is 1. The van der Waals surface area contributed by atoms with Gasteiger partial charge in [-0.1, -0.05) is 35.9 Å². The minimum Gasteiger partial charge on any atom is -0.448 e. The van der Waals surface area contributed by atoms with Gasteiger partial charge in [0.1, 0.15) is 12.6 Å². The standard InChI is InChI=1S/C21H19Cl2N3O2/c22-8-10-28-21(27)26-9-7-16-17-11-15(23)5-6-18(17)25-19(16)20(26)14-3-1-13(12-24)2-4-14/h1-6,11-12,20,24-25H,7-10H2. The second-order valence-corrected chi connectivity index (χ2v) is 7.48. The molecule has 0 saturated carbocycles. The molecule has 5 nitrogen and oxygen atoms in total. The number of rotatable bonds is 4. The van der Waals surface area contributed by atoms with Crippen LogP contribution in [-0.2, 0) is 11.2 Å². The van der Waals surface area contributed by atoms with Crippen LogP contribution < -0.4 is 0 Å². The summed E-state index contributed by atoms with van der Waals surface area (Å²) in [5.74, 6) is 0.258. The monoisotopic (exact) mass is 415 g/mol. The molecule has 1 aliphatic rings. The predicted molar refractivity (Wildman–Crippen MR) is 112 cm³/mol.